The predicted molar refractivity (Wildman–Crippen MR) is 243 cm³/mol. The van der Waals surface area contributed by atoms with Crippen molar-refractivity contribution in [3.63, 3.8) is 0 Å². The van der Waals surface area contributed by atoms with Crippen molar-refractivity contribution in [2.24, 2.45) is 22.7 Å². The van der Waals surface area contributed by atoms with E-state index in [4.69, 9.17) is 18.9 Å². The van der Waals surface area contributed by atoms with Crippen LogP contribution in [0.1, 0.15) is 125 Å². The first-order valence-corrected chi connectivity index (χ1v) is 22.2. The van der Waals surface area contributed by atoms with E-state index in [2.05, 4.69) is 102 Å². The van der Waals surface area contributed by atoms with Gasteiger partial charge in [0, 0.05) is 0 Å². The molecule has 2 saturated carbocycles. The monoisotopic (exact) mass is 808 g/mol. The molecule has 316 valence electrons. The van der Waals surface area contributed by atoms with E-state index in [1.54, 1.807) is 0 Å². The Bertz CT molecular complexity index is 2000. The zero-order valence-corrected chi connectivity index (χ0v) is 36.6. The van der Waals surface area contributed by atoms with Gasteiger partial charge in [-0.05, 0) is 143 Å². The van der Waals surface area contributed by atoms with Crippen LogP contribution in [0.3, 0.4) is 0 Å². The van der Waals surface area contributed by atoms with Crippen LogP contribution in [0.25, 0.3) is 24.3 Å². The summed E-state index contributed by atoms with van der Waals surface area (Å²) in [6.45, 7) is 13.4. The summed E-state index contributed by atoms with van der Waals surface area (Å²) in [5.41, 5.74) is 9.95. The van der Waals surface area contributed by atoms with Crippen molar-refractivity contribution >= 4 is 36.2 Å². The minimum Gasteiger partial charge on any atom is -0.425 e. The molecule has 4 atom stereocenters. The molecule has 0 N–H and O–H groups in total. The van der Waals surface area contributed by atoms with Crippen LogP contribution >= 0.6 is 0 Å². The third-order valence-corrected chi connectivity index (χ3v) is 13.3. The lowest BCUT2D eigenvalue weighted by molar-refractivity contribution is -0.147. The highest BCUT2D eigenvalue weighted by molar-refractivity contribution is 5.76. The number of ether oxygens (including phenoxy) is 4. The average molecular weight is 809 g/mol. The highest BCUT2D eigenvalue weighted by Crippen LogP contribution is 2.41. The van der Waals surface area contributed by atoms with Crippen molar-refractivity contribution < 1.29 is 28.5 Å². The van der Waals surface area contributed by atoms with Crippen LogP contribution in [0, 0.1) is 22.7 Å². The van der Waals surface area contributed by atoms with E-state index < -0.39 is 0 Å². The largest absolute Gasteiger partial charge is 0.425 e. The maximum Gasteiger partial charge on any atom is 0.337 e. The van der Waals surface area contributed by atoms with E-state index in [-0.39, 0.29) is 48.2 Å². The van der Waals surface area contributed by atoms with Crippen LogP contribution in [-0.4, -0.2) is 37.4 Å². The topological polar surface area (TPSA) is 71.1 Å². The smallest absolute Gasteiger partial charge is 0.337 e. The first-order chi connectivity index (χ1) is 28.8. The molecule has 4 bridgehead atoms. The Morgan fingerprint density at radius 1 is 0.550 bits per heavy atom. The Hall–Kier alpha value is -4.78. The normalized spacial score (nSPS) is 22.4. The number of carbonyl (C=O) groups is 2. The van der Waals surface area contributed by atoms with Crippen molar-refractivity contribution in [1.29, 1.82) is 0 Å². The molecular formula is C54H64O6. The van der Waals surface area contributed by atoms with Gasteiger partial charge in [0.1, 0.15) is 24.7 Å². The Morgan fingerprint density at radius 2 is 0.950 bits per heavy atom. The van der Waals surface area contributed by atoms with E-state index in [0.29, 0.717) is 23.3 Å². The third kappa shape index (κ3) is 11.7. The van der Waals surface area contributed by atoms with Crippen molar-refractivity contribution in [2.45, 2.75) is 118 Å². The number of carbonyl (C=O) groups excluding carboxylic acids is 2. The Balaban J connectivity index is 0.923. The first-order valence-electron chi connectivity index (χ1n) is 22.2. The van der Waals surface area contributed by atoms with Crippen LogP contribution in [0.4, 0.5) is 0 Å². The molecule has 4 unspecified atom stereocenters. The van der Waals surface area contributed by atoms with Crippen LogP contribution < -0.4 is 9.47 Å². The zero-order valence-electron chi connectivity index (χ0n) is 36.6. The molecule has 0 saturated heterocycles. The molecule has 0 heterocycles. The summed E-state index contributed by atoms with van der Waals surface area (Å²) < 4.78 is 23.4. The fourth-order valence-corrected chi connectivity index (χ4v) is 9.00. The van der Waals surface area contributed by atoms with Gasteiger partial charge in [-0.2, -0.15) is 0 Å². The summed E-state index contributed by atoms with van der Waals surface area (Å²) in [7, 11) is 0. The molecule has 0 aromatic heterocycles. The van der Waals surface area contributed by atoms with Gasteiger partial charge in [0.15, 0.2) is 0 Å². The Kier molecular flexibility index (Phi) is 13.9. The average Bonchev–Trinajstić information content (AvgIpc) is 3.22. The molecule has 4 aromatic rings. The maximum absolute atomic E-state index is 12.6. The molecule has 4 aromatic carbocycles. The SMILES string of the molecule is CC1CCC(C)(C)C(OCC(=O)Oc2ccc(/C=C/c3cc4ccc3CCc3ccc(c(/C=C/c5ccc(OC(=O)COC6CC(C)CCC6(C)C)cc5)c3)CC4)cc2)C1. The van der Waals surface area contributed by atoms with Crippen LogP contribution in [0.2, 0.25) is 0 Å². The molecule has 6 heteroatoms. The van der Waals surface area contributed by atoms with Gasteiger partial charge in [-0.1, -0.05) is 139 Å². The Morgan fingerprint density at radius 3 is 1.35 bits per heavy atom. The van der Waals surface area contributed by atoms with Gasteiger partial charge in [-0.25, -0.2) is 9.59 Å². The van der Waals surface area contributed by atoms with Gasteiger partial charge in [0.25, 0.3) is 0 Å². The van der Waals surface area contributed by atoms with E-state index in [0.717, 1.165) is 62.5 Å². The fraction of sp³-hybridized carbons (Fsp3) is 0.444. The lowest BCUT2D eigenvalue weighted by Crippen LogP contribution is -2.39. The van der Waals surface area contributed by atoms with Gasteiger partial charge in [0.05, 0.1) is 12.2 Å². The molecule has 6 aliphatic carbocycles. The maximum atomic E-state index is 12.6. The summed E-state index contributed by atoms with van der Waals surface area (Å²) in [6, 6.07) is 29.1. The van der Waals surface area contributed by atoms with Gasteiger partial charge in [0.2, 0.25) is 0 Å². The first kappa shape index (κ1) is 43.3. The molecule has 0 spiro atoms. The molecule has 60 heavy (non-hydrogen) atoms. The molecule has 0 radical (unpaired) electrons. The van der Waals surface area contributed by atoms with Crippen LogP contribution in [0.15, 0.2) is 84.9 Å². The number of hydrogen-bond donors (Lipinski definition) is 0. The lowest BCUT2D eigenvalue weighted by atomic mass is 9.71. The summed E-state index contributed by atoms with van der Waals surface area (Å²) in [5, 5.41) is 0. The summed E-state index contributed by atoms with van der Waals surface area (Å²) in [5.74, 6) is 1.56. The van der Waals surface area contributed by atoms with Crippen LogP contribution in [0.5, 0.6) is 11.5 Å². The second-order valence-corrected chi connectivity index (χ2v) is 19.2. The fourth-order valence-electron chi connectivity index (χ4n) is 9.00. The standard InChI is InChI=1S/C54H64O6/c1-37-27-29-53(3,4)49(31-37)57-35-51(55)59-47-23-13-39(14-24-47)7-21-45-33-41-9-17-43(45)19-11-42-10-18-44(20-12-41)46(34-42)22-8-40-15-25-48(26-16-40)60-52(56)36-58-50-32-38(2)28-30-54(50,5)6/h7-10,13-18,21-26,33-34,37-38,49-50H,11-12,19-20,27-32,35-36H2,1-6H3/b21-7+,22-8+. The predicted octanol–water partition coefficient (Wildman–Crippen LogP) is 12.2. The van der Waals surface area contributed by atoms with E-state index >= 15 is 0 Å². The quantitative estimate of drug-likeness (QED) is 0.0806. The van der Waals surface area contributed by atoms with E-state index in [1.807, 2.05) is 48.5 Å². The van der Waals surface area contributed by atoms with Gasteiger partial charge in [-0.3, -0.25) is 0 Å². The van der Waals surface area contributed by atoms with Gasteiger partial charge in [-0.15, -0.1) is 0 Å². The minimum absolute atomic E-state index is 0.0327. The van der Waals surface area contributed by atoms with Crippen molar-refractivity contribution in [1.82, 2.24) is 0 Å². The van der Waals surface area contributed by atoms with Crippen molar-refractivity contribution in [3.8, 4) is 11.5 Å². The third-order valence-electron chi connectivity index (χ3n) is 13.3. The van der Waals surface area contributed by atoms with E-state index in [9.17, 15) is 9.59 Å². The molecule has 6 aliphatic rings. The second kappa shape index (κ2) is 19.3. The lowest BCUT2D eigenvalue weighted by Gasteiger charge is -2.40. The molecule has 6 nitrogen and oxygen atoms in total. The molecule has 0 aliphatic heterocycles. The highest BCUT2D eigenvalue weighted by atomic mass is 16.6. The molecule has 2 fully saturated rings. The molecular weight excluding hydrogens is 745 g/mol. The zero-order chi connectivity index (χ0) is 42.3. The van der Waals surface area contributed by atoms with Crippen LogP contribution in [-0.2, 0) is 44.7 Å². The summed E-state index contributed by atoms with van der Waals surface area (Å²) >= 11 is 0. The van der Waals surface area contributed by atoms with E-state index in [1.165, 1.54) is 46.2 Å². The number of benzene rings is 4. The summed E-state index contributed by atoms with van der Waals surface area (Å²) in [6.07, 6.45) is 19.1. The van der Waals surface area contributed by atoms with Crippen molar-refractivity contribution in [3.05, 3.63) is 129 Å². The van der Waals surface area contributed by atoms with Gasteiger partial charge < -0.3 is 18.9 Å². The second-order valence-electron chi connectivity index (χ2n) is 19.2. The number of aryl methyl sites for hydroxylation is 4. The van der Waals surface area contributed by atoms with Crippen molar-refractivity contribution in [2.75, 3.05) is 13.2 Å². The number of rotatable bonds is 12. The summed E-state index contributed by atoms with van der Waals surface area (Å²) in [4.78, 5) is 25.3. The Labute approximate surface area is 358 Å². The minimum atomic E-state index is -0.361. The number of esters is 2. The van der Waals surface area contributed by atoms with Gasteiger partial charge >= 0.3 is 11.9 Å². The highest BCUT2D eigenvalue weighted by Gasteiger charge is 2.37. The number of hydrogen-bond acceptors (Lipinski definition) is 6. The molecule has 0 amide bonds. The molecule has 10 rings (SSSR count).